The summed E-state index contributed by atoms with van der Waals surface area (Å²) in [5.41, 5.74) is 4.54. The van der Waals surface area contributed by atoms with Gasteiger partial charge in [0, 0.05) is 11.4 Å². The Balaban J connectivity index is 0. The molecular weight excluding hydrogens is 628 g/mol. The fourth-order valence-corrected chi connectivity index (χ4v) is 3.05. The molecule has 2 amide bonds. The first-order chi connectivity index (χ1) is 22.1. The van der Waals surface area contributed by atoms with Crippen LogP contribution in [-0.2, 0) is 28.7 Å². The Bertz CT molecular complexity index is 1620. The van der Waals surface area contributed by atoms with E-state index in [1.807, 2.05) is 0 Å². The van der Waals surface area contributed by atoms with E-state index in [1.54, 1.807) is 57.2 Å². The second-order valence-electron chi connectivity index (χ2n) is 8.46. The number of isocyanates is 4. The summed E-state index contributed by atoms with van der Waals surface area (Å²) in [5.74, 6) is 0. The lowest BCUT2D eigenvalue weighted by Gasteiger charge is -2.10. The third kappa shape index (κ3) is 16.6. The zero-order chi connectivity index (χ0) is 34.3. The number of nitrogens with zero attached hydrogens (tertiary/aromatic N) is 4. The van der Waals surface area contributed by atoms with Crippen LogP contribution in [0.1, 0.15) is 31.5 Å². The monoisotopic (exact) mass is 664 g/mol. The highest BCUT2D eigenvalue weighted by Crippen LogP contribution is 2.25. The molecule has 0 unspecified atom stereocenters. The molecule has 16 nitrogen and oxygen atoms in total. The maximum absolute atomic E-state index is 11.8. The van der Waals surface area contributed by atoms with Gasteiger partial charge in [0.15, 0.2) is 0 Å². The van der Waals surface area contributed by atoms with E-state index < -0.39 is 19.0 Å². The van der Waals surface area contributed by atoms with E-state index in [2.05, 4.69) is 30.6 Å². The van der Waals surface area contributed by atoms with Crippen molar-refractivity contribution in [2.45, 2.75) is 35.6 Å². The largest absolute Gasteiger partial charge is 0.414 e. The molecule has 0 bridgehead atoms. The van der Waals surface area contributed by atoms with Crippen molar-refractivity contribution in [3.63, 3.8) is 0 Å². The van der Waals surface area contributed by atoms with Crippen LogP contribution in [0.25, 0.3) is 0 Å². The van der Waals surface area contributed by atoms with E-state index >= 15 is 0 Å². The van der Waals surface area contributed by atoms with Gasteiger partial charge in [-0.05, 0) is 73.9 Å². The molecule has 0 aliphatic heterocycles. The number of carbonyl (C=O) groups excluding carboxylic acids is 6. The third-order valence-electron chi connectivity index (χ3n) is 5.26. The van der Waals surface area contributed by atoms with Gasteiger partial charge in [0.25, 0.3) is 0 Å². The molecule has 254 valence electrons. The summed E-state index contributed by atoms with van der Waals surface area (Å²) in [7, 11) is 0. The van der Waals surface area contributed by atoms with E-state index in [4.69, 9.17) is 19.7 Å². The molecule has 0 aliphatic rings. The summed E-state index contributed by atoms with van der Waals surface area (Å²) >= 11 is 0. The van der Waals surface area contributed by atoms with Crippen molar-refractivity contribution in [1.82, 2.24) is 0 Å². The van der Waals surface area contributed by atoms with Gasteiger partial charge in [0.2, 0.25) is 31.1 Å². The SMILES string of the molecule is C.C.Cc1ccc(N=C=O)cc1N=C=O.Cc1ccc(NC(=O)OCOC(=O)Nc2ccc(C)c(N=C=O)c2)cc1N=C=O.OCCO. The molecule has 0 saturated heterocycles. The molecule has 0 saturated carbocycles. The van der Waals surface area contributed by atoms with E-state index in [0.29, 0.717) is 34.1 Å². The highest BCUT2D eigenvalue weighted by molar-refractivity contribution is 5.87. The van der Waals surface area contributed by atoms with Crippen LogP contribution < -0.4 is 10.6 Å². The Labute approximate surface area is 276 Å². The number of aliphatic hydroxyl groups is 2. The van der Waals surface area contributed by atoms with Crippen molar-refractivity contribution < 1.29 is 48.5 Å². The van der Waals surface area contributed by atoms with Gasteiger partial charge >= 0.3 is 12.2 Å². The van der Waals surface area contributed by atoms with E-state index in [9.17, 15) is 28.8 Å². The van der Waals surface area contributed by atoms with Crippen molar-refractivity contribution >= 4 is 70.6 Å². The first-order valence-corrected chi connectivity index (χ1v) is 12.8. The van der Waals surface area contributed by atoms with Gasteiger partial charge in [-0.25, -0.2) is 28.8 Å². The lowest BCUT2D eigenvalue weighted by atomic mass is 10.2. The fraction of sp³-hybridized carbons (Fsp3) is 0.250. The highest BCUT2D eigenvalue weighted by Gasteiger charge is 2.09. The van der Waals surface area contributed by atoms with E-state index in [1.165, 1.54) is 42.5 Å². The molecule has 4 N–H and O–H groups in total. The van der Waals surface area contributed by atoms with Gasteiger partial charge in [0.05, 0.1) is 36.0 Å². The van der Waals surface area contributed by atoms with E-state index in [0.717, 1.165) is 16.7 Å². The third-order valence-corrected chi connectivity index (χ3v) is 5.26. The molecule has 0 spiro atoms. The number of hydrogen-bond donors (Lipinski definition) is 4. The van der Waals surface area contributed by atoms with Crippen molar-refractivity contribution in [2.24, 2.45) is 20.0 Å². The van der Waals surface area contributed by atoms with Gasteiger partial charge in [0.1, 0.15) is 0 Å². The number of anilines is 2. The molecule has 16 heteroatoms. The minimum absolute atomic E-state index is 0. The molecular formula is C32H36N6O10. The minimum Gasteiger partial charge on any atom is -0.411 e. The highest BCUT2D eigenvalue weighted by atomic mass is 16.7. The predicted octanol–water partition coefficient (Wildman–Crippen LogP) is 6.17. The number of aryl methyl sites for hydroxylation is 3. The van der Waals surface area contributed by atoms with E-state index in [-0.39, 0.29) is 28.1 Å². The Morgan fingerprint density at radius 2 is 0.958 bits per heavy atom. The zero-order valence-electron chi connectivity index (χ0n) is 24.8. The van der Waals surface area contributed by atoms with Crippen molar-refractivity contribution in [2.75, 3.05) is 30.6 Å². The number of nitrogens with one attached hydrogen (secondary N) is 2. The second kappa shape index (κ2) is 24.9. The minimum atomic E-state index is -0.874. The number of aliphatic hydroxyl groups excluding tert-OH is 2. The van der Waals surface area contributed by atoms with Gasteiger partial charge in [-0.1, -0.05) is 33.1 Å². The first-order valence-electron chi connectivity index (χ1n) is 12.8. The topological polar surface area (TPSA) is 235 Å². The standard InChI is InChI=1S/C19H16N4O6.C9H6N2O2.C2H6O2.2CH4/c1-12-3-5-14(7-16(12)20-9-24)22-18(26)28-11-29-19(27)23-15-6-4-13(2)17(8-15)21-10-25;1-7-2-3-8(10-5-12)4-9(7)11-6-13;3-1-2-4;;/h3-8H,11H2,1-2H3,(H,22,26)(H,23,27);2-4H,1H3;3-4H,1-2H2;2*1H4. The van der Waals surface area contributed by atoms with Crippen molar-refractivity contribution in [1.29, 1.82) is 0 Å². The molecule has 0 atom stereocenters. The van der Waals surface area contributed by atoms with Crippen LogP contribution in [-0.4, -0.2) is 66.7 Å². The number of benzene rings is 3. The average Bonchev–Trinajstić information content (AvgIpc) is 3.03. The number of carbonyl (C=O) groups is 2. The maximum atomic E-state index is 11.8. The van der Waals surface area contributed by atoms with Crippen molar-refractivity contribution in [3.8, 4) is 0 Å². The fourth-order valence-electron chi connectivity index (χ4n) is 3.05. The zero-order valence-corrected chi connectivity index (χ0v) is 24.8. The van der Waals surface area contributed by atoms with Crippen LogP contribution in [0.4, 0.5) is 43.7 Å². The number of aliphatic imine (C=N–C) groups is 4. The Hall–Kier alpha value is -6.36. The smallest absolute Gasteiger partial charge is 0.411 e. The quantitative estimate of drug-likeness (QED) is 0.115. The second-order valence-corrected chi connectivity index (χ2v) is 8.46. The van der Waals surface area contributed by atoms with Crippen LogP contribution in [0.3, 0.4) is 0 Å². The molecule has 0 aliphatic carbocycles. The number of ether oxygens (including phenoxy) is 2. The predicted molar refractivity (Wildman–Crippen MR) is 177 cm³/mol. The lowest BCUT2D eigenvalue weighted by Crippen LogP contribution is -2.20. The summed E-state index contributed by atoms with van der Waals surface area (Å²) < 4.78 is 9.51. The molecule has 0 heterocycles. The summed E-state index contributed by atoms with van der Waals surface area (Å²) in [4.78, 5) is 78.1. The summed E-state index contributed by atoms with van der Waals surface area (Å²) in [6.45, 7) is 4.39. The summed E-state index contributed by atoms with van der Waals surface area (Å²) in [6, 6.07) is 14.3. The van der Waals surface area contributed by atoms with Gasteiger partial charge in [-0.3, -0.25) is 10.6 Å². The maximum Gasteiger partial charge on any atom is 0.414 e. The summed E-state index contributed by atoms with van der Waals surface area (Å²) in [6.07, 6.45) is 3.94. The lowest BCUT2D eigenvalue weighted by molar-refractivity contribution is 0.0369. The van der Waals surface area contributed by atoms with Gasteiger partial charge in [-0.15, -0.1) is 0 Å². The Morgan fingerprint density at radius 1 is 0.604 bits per heavy atom. The Kier molecular flexibility index (Phi) is 22.7. The molecule has 0 fully saturated rings. The van der Waals surface area contributed by atoms with Crippen LogP contribution in [0.5, 0.6) is 0 Å². The van der Waals surface area contributed by atoms with Crippen LogP contribution in [0, 0.1) is 20.8 Å². The molecule has 0 radical (unpaired) electrons. The van der Waals surface area contributed by atoms with Gasteiger partial charge < -0.3 is 19.7 Å². The van der Waals surface area contributed by atoms with Crippen LogP contribution in [0.15, 0.2) is 74.6 Å². The number of amides is 2. The molecule has 0 aromatic heterocycles. The summed E-state index contributed by atoms with van der Waals surface area (Å²) in [5, 5.41) is 20.1. The Morgan fingerprint density at radius 3 is 1.31 bits per heavy atom. The van der Waals surface area contributed by atoms with Gasteiger partial charge in [-0.2, -0.15) is 20.0 Å². The van der Waals surface area contributed by atoms with Crippen LogP contribution >= 0.6 is 0 Å². The molecule has 3 rings (SSSR count). The average molecular weight is 665 g/mol. The number of rotatable bonds is 9. The normalized spacial score (nSPS) is 8.60. The number of hydrogen-bond acceptors (Lipinski definition) is 14. The van der Waals surface area contributed by atoms with Crippen molar-refractivity contribution in [3.05, 3.63) is 71.3 Å². The molecule has 3 aromatic rings. The molecule has 48 heavy (non-hydrogen) atoms. The first kappa shape index (κ1) is 43.8. The van der Waals surface area contributed by atoms with Crippen LogP contribution in [0.2, 0.25) is 0 Å². The molecule has 3 aromatic carbocycles.